The summed E-state index contributed by atoms with van der Waals surface area (Å²) in [5.74, 6) is -0.832. The Balaban J connectivity index is 4.14. The molecule has 0 saturated heterocycles. The van der Waals surface area contributed by atoms with E-state index < -0.39 is 26.5 Å². The second kappa shape index (κ2) is 53.3. The van der Waals surface area contributed by atoms with Crippen molar-refractivity contribution in [3.63, 3.8) is 0 Å². The highest BCUT2D eigenvalue weighted by Crippen LogP contribution is 2.38. The van der Waals surface area contributed by atoms with E-state index in [4.69, 9.17) is 18.5 Å². The number of quaternary nitrogens is 1. The molecular weight excluding hydrogens is 918 g/mol. The van der Waals surface area contributed by atoms with Crippen molar-refractivity contribution < 1.29 is 42.1 Å². The lowest BCUT2D eigenvalue weighted by Gasteiger charge is -2.28. The van der Waals surface area contributed by atoms with Crippen molar-refractivity contribution in [1.82, 2.24) is 0 Å². The molecule has 2 atom stereocenters. The Bertz CT molecular complexity index is 1450. The van der Waals surface area contributed by atoms with Crippen LogP contribution in [-0.4, -0.2) is 70.0 Å². The Morgan fingerprint density at radius 2 is 0.792 bits per heavy atom. The number of phosphoric ester groups is 1. The monoisotopic (exact) mass is 1030 g/mol. The topological polar surface area (TPSA) is 111 Å². The zero-order valence-corrected chi connectivity index (χ0v) is 48.3. The highest BCUT2D eigenvalue weighted by molar-refractivity contribution is 7.45. The third-order valence-electron chi connectivity index (χ3n) is 12.7. The van der Waals surface area contributed by atoms with Crippen LogP contribution >= 0.6 is 7.82 Å². The quantitative estimate of drug-likeness (QED) is 0.0195. The molecule has 0 spiro atoms. The van der Waals surface area contributed by atoms with Crippen molar-refractivity contribution in [1.29, 1.82) is 0 Å². The summed E-state index contributed by atoms with van der Waals surface area (Å²) in [6, 6.07) is 0. The molecule has 0 fully saturated rings. The lowest BCUT2D eigenvalue weighted by atomic mass is 10.0. The molecule has 9 nitrogen and oxygen atoms in total. The van der Waals surface area contributed by atoms with Crippen molar-refractivity contribution in [3.8, 4) is 0 Å². The molecule has 0 N–H and O–H groups in total. The molecule has 0 amide bonds. The van der Waals surface area contributed by atoms with Gasteiger partial charge < -0.3 is 27.9 Å². The number of unbranched alkanes of at least 4 members (excludes halogenated alkanes) is 28. The van der Waals surface area contributed by atoms with Gasteiger partial charge in [-0.1, -0.05) is 234 Å². The Kier molecular flexibility index (Phi) is 51.4. The van der Waals surface area contributed by atoms with Crippen LogP contribution in [0.3, 0.4) is 0 Å². The van der Waals surface area contributed by atoms with Gasteiger partial charge in [0.05, 0.1) is 27.7 Å². The van der Waals surface area contributed by atoms with E-state index in [-0.39, 0.29) is 32.0 Å². The molecule has 0 aromatic carbocycles. The SMILES string of the molecule is CC/C=C\C/C=C\C/C=C\C/C=C\C/C=C\CCCCCCCCCCCCCCCC(=O)OC(COC(=O)CCCCCCCCCCC/C=C\CCCCCCCC)COP(=O)([O-])OCC[N+](C)(C)C. The number of rotatable bonds is 54. The number of carbonyl (C=O) groups excluding carboxylic acids is 2. The van der Waals surface area contributed by atoms with Gasteiger partial charge in [0.1, 0.15) is 19.8 Å². The zero-order valence-electron chi connectivity index (χ0n) is 47.4. The van der Waals surface area contributed by atoms with Crippen molar-refractivity contribution in [2.45, 2.75) is 264 Å². The van der Waals surface area contributed by atoms with Crippen LogP contribution in [0.4, 0.5) is 0 Å². The summed E-state index contributed by atoms with van der Waals surface area (Å²) in [5, 5.41) is 0. The molecule has 0 heterocycles. The molecule has 0 aromatic heterocycles. The molecule has 0 aliphatic heterocycles. The van der Waals surface area contributed by atoms with Gasteiger partial charge in [-0.2, -0.15) is 0 Å². The average molecular weight is 1030 g/mol. The van der Waals surface area contributed by atoms with E-state index in [1.54, 1.807) is 0 Å². The first-order valence-corrected chi connectivity index (χ1v) is 31.1. The third-order valence-corrected chi connectivity index (χ3v) is 13.7. The first-order valence-electron chi connectivity index (χ1n) is 29.6. The second-order valence-corrected chi connectivity index (χ2v) is 22.4. The molecular formula is C62H112NO8P. The molecule has 0 rings (SSSR count). The van der Waals surface area contributed by atoms with Gasteiger partial charge in [-0.25, -0.2) is 0 Å². The minimum atomic E-state index is -4.64. The molecule has 72 heavy (non-hydrogen) atoms. The fourth-order valence-electron chi connectivity index (χ4n) is 8.15. The fourth-order valence-corrected chi connectivity index (χ4v) is 8.88. The van der Waals surface area contributed by atoms with Crippen LogP contribution in [0.5, 0.6) is 0 Å². The van der Waals surface area contributed by atoms with Crippen molar-refractivity contribution in [2.75, 3.05) is 47.5 Å². The molecule has 0 radical (unpaired) electrons. The number of allylic oxidation sites excluding steroid dienone is 12. The maximum Gasteiger partial charge on any atom is 0.306 e. The summed E-state index contributed by atoms with van der Waals surface area (Å²) in [4.78, 5) is 37.9. The van der Waals surface area contributed by atoms with Gasteiger partial charge in [0.25, 0.3) is 7.82 Å². The van der Waals surface area contributed by atoms with Gasteiger partial charge in [0.15, 0.2) is 6.10 Å². The van der Waals surface area contributed by atoms with Gasteiger partial charge in [0.2, 0.25) is 0 Å². The molecule has 2 unspecified atom stereocenters. The summed E-state index contributed by atoms with van der Waals surface area (Å²) >= 11 is 0. The van der Waals surface area contributed by atoms with Crippen LogP contribution in [0.2, 0.25) is 0 Å². The van der Waals surface area contributed by atoms with E-state index in [1.807, 2.05) is 21.1 Å². The fraction of sp³-hybridized carbons (Fsp3) is 0.774. The van der Waals surface area contributed by atoms with Gasteiger partial charge in [0, 0.05) is 12.8 Å². The highest BCUT2D eigenvalue weighted by Gasteiger charge is 2.22. The van der Waals surface area contributed by atoms with E-state index in [9.17, 15) is 19.0 Å². The third kappa shape index (κ3) is 56.7. The average Bonchev–Trinajstić information content (AvgIpc) is 3.34. The van der Waals surface area contributed by atoms with Gasteiger partial charge >= 0.3 is 11.9 Å². The second-order valence-electron chi connectivity index (χ2n) is 21.0. The summed E-state index contributed by atoms with van der Waals surface area (Å²) in [6.07, 6.45) is 69.4. The minimum Gasteiger partial charge on any atom is -0.756 e. The van der Waals surface area contributed by atoms with Crippen LogP contribution in [0, 0.1) is 0 Å². The summed E-state index contributed by atoms with van der Waals surface area (Å²) in [6.45, 7) is 4.14. The Morgan fingerprint density at radius 1 is 0.444 bits per heavy atom. The zero-order chi connectivity index (χ0) is 52.7. The van der Waals surface area contributed by atoms with Crippen LogP contribution in [0.25, 0.3) is 0 Å². The number of hydrogen-bond donors (Lipinski definition) is 0. The van der Waals surface area contributed by atoms with E-state index in [1.165, 1.54) is 154 Å². The van der Waals surface area contributed by atoms with Gasteiger partial charge in [-0.15, -0.1) is 0 Å². The summed E-state index contributed by atoms with van der Waals surface area (Å²) < 4.78 is 34.2. The van der Waals surface area contributed by atoms with Crippen molar-refractivity contribution >= 4 is 19.8 Å². The standard InChI is InChI=1S/C62H112NO8P/c1-6-8-10-12-14-16-18-20-22-24-26-27-28-29-30-31-32-33-34-35-37-39-41-43-45-47-49-51-53-55-62(65)71-60(59-70-72(66,67)69-57-56-63(3,4)5)58-68-61(64)54-52-50-48-46-44-42-40-38-36-25-23-21-19-17-15-13-11-9-7-2/h8,10,14,16,20-23,26-27,29-30,60H,6-7,9,11-13,15,17-19,24-25,28,31-59H2,1-5H3/b10-8-,16-14-,22-20-,23-21-,27-26-,30-29-. The first kappa shape index (κ1) is 69.5. The number of hydrogen-bond acceptors (Lipinski definition) is 8. The highest BCUT2D eigenvalue weighted by atomic mass is 31.2. The van der Waals surface area contributed by atoms with Crippen molar-refractivity contribution in [3.05, 3.63) is 72.9 Å². The molecule has 418 valence electrons. The number of phosphoric acid groups is 1. The van der Waals surface area contributed by atoms with Gasteiger partial charge in [-0.05, 0) is 83.5 Å². The van der Waals surface area contributed by atoms with E-state index in [0.29, 0.717) is 17.4 Å². The number of esters is 2. The summed E-state index contributed by atoms with van der Waals surface area (Å²) in [7, 11) is 1.16. The molecule has 10 heteroatoms. The van der Waals surface area contributed by atoms with Crippen LogP contribution < -0.4 is 4.89 Å². The number of likely N-dealkylation sites (N-methyl/N-ethyl adjacent to an activating group) is 1. The van der Waals surface area contributed by atoms with E-state index in [2.05, 4.69) is 86.8 Å². The molecule has 0 aromatic rings. The Hall–Kier alpha value is -2.55. The normalized spacial score (nSPS) is 13.8. The van der Waals surface area contributed by atoms with E-state index in [0.717, 1.165) is 70.6 Å². The lowest BCUT2D eigenvalue weighted by molar-refractivity contribution is -0.870. The van der Waals surface area contributed by atoms with Crippen LogP contribution in [0.15, 0.2) is 72.9 Å². The largest absolute Gasteiger partial charge is 0.756 e. The maximum absolute atomic E-state index is 12.8. The van der Waals surface area contributed by atoms with Gasteiger partial charge in [-0.3, -0.25) is 14.2 Å². The minimum absolute atomic E-state index is 0.0329. The predicted octanol–water partition coefficient (Wildman–Crippen LogP) is 17.8. The number of ether oxygens (including phenoxy) is 2. The molecule has 0 saturated carbocycles. The molecule has 0 bridgehead atoms. The molecule has 0 aliphatic carbocycles. The summed E-state index contributed by atoms with van der Waals surface area (Å²) in [5.41, 5.74) is 0. The van der Waals surface area contributed by atoms with Crippen LogP contribution in [0.1, 0.15) is 258 Å². The van der Waals surface area contributed by atoms with Crippen LogP contribution in [-0.2, 0) is 32.7 Å². The number of nitrogens with zero attached hydrogens (tertiary/aromatic N) is 1. The first-order chi connectivity index (χ1) is 35.0. The number of carbonyl (C=O) groups is 2. The maximum atomic E-state index is 12.8. The Morgan fingerprint density at radius 3 is 1.19 bits per heavy atom. The smallest absolute Gasteiger partial charge is 0.306 e. The Labute approximate surface area is 444 Å². The van der Waals surface area contributed by atoms with Crippen molar-refractivity contribution in [2.24, 2.45) is 0 Å². The lowest BCUT2D eigenvalue weighted by Crippen LogP contribution is -2.37. The van der Waals surface area contributed by atoms with E-state index >= 15 is 0 Å². The molecule has 0 aliphatic rings. The predicted molar refractivity (Wildman–Crippen MR) is 305 cm³/mol.